The Labute approximate surface area is 88.6 Å². The quantitative estimate of drug-likeness (QED) is 0.385. The van der Waals surface area contributed by atoms with Gasteiger partial charge in [-0.3, -0.25) is 9.48 Å². The molecule has 0 spiro atoms. The molecule has 15 heavy (non-hydrogen) atoms. The minimum Gasteiger partial charge on any atom is -0.268 e. The van der Waals surface area contributed by atoms with Crippen LogP contribution in [0.2, 0.25) is 0 Å². The molecule has 0 aliphatic carbocycles. The second-order valence-electron chi connectivity index (χ2n) is 3.91. The summed E-state index contributed by atoms with van der Waals surface area (Å²) < 4.78 is 4.01. The maximum atomic E-state index is 4.32. The van der Waals surface area contributed by atoms with Gasteiger partial charge in [0.2, 0.25) is 5.65 Å². The number of H-pyrrole nitrogens is 1. The maximum absolute atomic E-state index is 4.32. The van der Waals surface area contributed by atoms with E-state index in [9.17, 15) is 0 Å². The van der Waals surface area contributed by atoms with E-state index in [1.807, 2.05) is 54.5 Å². The van der Waals surface area contributed by atoms with Crippen LogP contribution in [-0.2, 0) is 0 Å². The van der Waals surface area contributed by atoms with Crippen molar-refractivity contribution in [2.24, 2.45) is 0 Å². The molecule has 80 valence electrons. The summed E-state index contributed by atoms with van der Waals surface area (Å²) in [4.78, 5) is 6.37. The highest BCUT2D eigenvalue weighted by molar-refractivity contribution is 5.88. The standard InChI is InChI=1S/C10H16N5/c1-13(2)10(14(3)4)15-9-8(12-15)6-5-7-11-9/h5-7,12H,1-4H3/q+1. The molecule has 2 aromatic heterocycles. The van der Waals surface area contributed by atoms with Crippen LogP contribution >= 0.6 is 0 Å². The van der Waals surface area contributed by atoms with E-state index in [0.717, 1.165) is 17.1 Å². The largest absolute Gasteiger partial charge is 0.378 e. The van der Waals surface area contributed by atoms with Crippen LogP contribution in [0.4, 0.5) is 0 Å². The molecule has 0 aliphatic heterocycles. The fourth-order valence-corrected chi connectivity index (χ4v) is 1.73. The average molecular weight is 206 g/mol. The number of aromatic amines is 1. The predicted octanol–water partition coefficient (Wildman–Crippen LogP) is 0.402. The molecule has 2 aromatic rings. The zero-order chi connectivity index (χ0) is 11.0. The number of nitrogens with one attached hydrogen (secondary N) is 1. The lowest BCUT2D eigenvalue weighted by Gasteiger charge is -2.16. The molecule has 1 N–H and O–H groups in total. The normalized spacial score (nSPS) is 10.7. The van der Waals surface area contributed by atoms with Crippen LogP contribution in [0, 0.1) is 0 Å². The lowest BCUT2D eigenvalue weighted by Crippen LogP contribution is -2.39. The Morgan fingerprint density at radius 1 is 1.47 bits per heavy atom. The number of rotatable bonds is 0. The van der Waals surface area contributed by atoms with Crippen molar-refractivity contribution in [1.29, 1.82) is 0 Å². The van der Waals surface area contributed by atoms with Crippen molar-refractivity contribution in [3.05, 3.63) is 18.3 Å². The molecule has 0 atom stereocenters. The van der Waals surface area contributed by atoms with Crippen LogP contribution in [0.25, 0.3) is 11.2 Å². The molecule has 0 bridgehead atoms. The highest BCUT2D eigenvalue weighted by Crippen LogP contribution is 2.10. The summed E-state index contributed by atoms with van der Waals surface area (Å²) in [5.74, 6) is 1.06. The van der Waals surface area contributed by atoms with Gasteiger partial charge in [0.1, 0.15) is 5.52 Å². The molecule has 0 fully saturated rings. The van der Waals surface area contributed by atoms with E-state index in [-0.39, 0.29) is 0 Å². The minimum absolute atomic E-state index is 0.968. The van der Waals surface area contributed by atoms with E-state index >= 15 is 0 Å². The Kier molecular flexibility index (Phi) is 2.22. The van der Waals surface area contributed by atoms with Gasteiger partial charge in [0, 0.05) is 6.20 Å². The molecule has 2 rings (SSSR count). The first-order valence-electron chi connectivity index (χ1n) is 4.84. The van der Waals surface area contributed by atoms with Crippen molar-refractivity contribution in [3.63, 3.8) is 0 Å². The first kappa shape index (κ1) is 9.76. The second-order valence-corrected chi connectivity index (χ2v) is 3.91. The van der Waals surface area contributed by atoms with Gasteiger partial charge < -0.3 is 0 Å². The lowest BCUT2D eigenvalue weighted by atomic mass is 10.4. The Bertz CT molecular complexity index is 499. The van der Waals surface area contributed by atoms with E-state index in [1.165, 1.54) is 0 Å². The SMILES string of the molecule is CN(C)C(n1[nH]c2cccnc21)=[N+](C)C. The molecular formula is C10H16N5+. The van der Waals surface area contributed by atoms with Gasteiger partial charge in [0.15, 0.2) is 0 Å². The van der Waals surface area contributed by atoms with Crippen LogP contribution in [0.15, 0.2) is 18.3 Å². The van der Waals surface area contributed by atoms with Gasteiger partial charge in [-0.05, 0) is 12.1 Å². The van der Waals surface area contributed by atoms with Crippen molar-refractivity contribution < 1.29 is 4.58 Å². The van der Waals surface area contributed by atoms with Gasteiger partial charge >= 0.3 is 5.96 Å². The number of hydrogen-bond acceptors (Lipinski definition) is 1. The fraction of sp³-hybridized carbons (Fsp3) is 0.400. The molecule has 2 heterocycles. The molecule has 0 aliphatic rings. The highest BCUT2D eigenvalue weighted by atomic mass is 15.5. The van der Waals surface area contributed by atoms with Gasteiger partial charge in [-0.1, -0.05) is 0 Å². The molecule has 5 heteroatoms. The highest BCUT2D eigenvalue weighted by Gasteiger charge is 2.21. The molecule has 0 unspecified atom stereocenters. The molecular weight excluding hydrogens is 190 g/mol. The van der Waals surface area contributed by atoms with Crippen molar-refractivity contribution >= 4 is 17.1 Å². The minimum atomic E-state index is 0.968. The fourth-order valence-electron chi connectivity index (χ4n) is 1.73. The summed E-state index contributed by atoms with van der Waals surface area (Å²) >= 11 is 0. The third-order valence-electron chi connectivity index (χ3n) is 2.23. The monoisotopic (exact) mass is 206 g/mol. The Balaban J connectivity index is 2.53. The summed E-state index contributed by atoms with van der Waals surface area (Å²) in [6.07, 6.45) is 1.80. The zero-order valence-electron chi connectivity index (χ0n) is 9.52. The summed E-state index contributed by atoms with van der Waals surface area (Å²) in [7, 11) is 8.05. The van der Waals surface area contributed by atoms with Crippen LogP contribution in [-0.4, -0.2) is 58.4 Å². The first-order valence-corrected chi connectivity index (χ1v) is 4.84. The van der Waals surface area contributed by atoms with Crippen LogP contribution in [0.3, 0.4) is 0 Å². The smallest absolute Gasteiger partial charge is 0.268 e. The summed E-state index contributed by atoms with van der Waals surface area (Å²) in [6, 6.07) is 3.94. The lowest BCUT2D eigenvalue weighted by molar-refractivity contribution is -0.472. The van der Waals surface area contributed by atoms with E-state index in [4.69, 9.17) is 0 Å². The summed E-state index contributed by atoms with van der Waals surface area (Å²) in [5, 5.41) is 3.24. The second kappa shape index (κ2) is 3.42. The van der Waals surface area contributed by atoms with Crippen molar-refractivity contribution in [1.82, 2.24) is 19.7 Å². The zero-order valence-corrected chi connectivity index (χ0v) is 9.52. The number of fused-ring (bicyclic) bond motifs is 1. The number of aromatic nitrogens is 3. The molecule has 0 radical (unpaired) electrons. The van der Waals surface area contributed by atoms with E-state index < -0.39 is 0 Å². The maximum Gasteiger partial charge on any atom is 0.378 e. The molecule has 0 aromatic carbocycles. The van der Waals surface area contributed by atoms with Gasteiger partial charge in [-0.25, -0.2) is 10.1 Å². The summed E-state index contributed by atoms with van der Waals surface area (Å²) in [5.41, 5.74) is 2.04. The molecule has 0 saturated heterocycles. The van der Waals surface area contributed by atoms with Gasteiger partial charge in [0.05, 0.1) is 28.2 Å². The van der Waals surface area contributed by atoms with E-state index in [1.54, 1.807) is 6.20 Å². The van der Waals surface area contributed by atoms with Crippen molar-refractivity contribution in [2.75, 3.05) is 28.2 Å². The van der Waals surface area contributed by atoms with E-state index in [0.29, 0.717) is 0 Å². The Morgan fingerprint density at radius 3 is 2.73 bits per heavy atom. The summed E-state index contributed by atoms with van der Waals surface area (Å²) in [6.45, 7) is 0. The van der Waals surface area contributed by atoms with Crippen molar-refractivity contribution in [3.8, 4) is 0 Å². The number of nitrogens with zero attached hydrogens (tertiary/aromatic N) is 4. The molecule has 0 amide bonds. The van der Waals surface area contributed by atoms with Gasteiger partial charge in [0.25, 0.3) is 0 Å². The number of pyridine rings is 1. The topological polar surface area (TPSA) is 39.9 Å². The van der Waals surface area contributed by atoms with Crippen LogP contribution in [0.5, 0.6) is 0 Å². The third-order valence-corrected chi connectivity index (χ3v) is 2.23. The number of hydrogen-bond donors (Lipinski definition) is 1. The Hall–Kier alpha value is -1.78. The third kappa shape index (κ3) is 1.49. The van der Waals surface area contributed by atoms with Crippen LogP contribution < -0.4 is 0 Å². The Morgan fingerprint density at radius 2 is 2.20 bits per heavy atom. The average Bonchev–Trinajstić information content (AvgIpc) is 2.12. The first-order chi connectivity index (χ1) is 7.11. The van der Waals surface area contributed by atoms with Gasteiger partial charge in [-0.15, -0.1) is 4.68 Å². The molecule has 0 saturated carbocycles. The van der Waals surface area contributed by atoms with Gasteiger partial charge in [-0.2, -0.15) is 0 Å². The van der Waals surface area contributed by atoms with Crippen LogP contribution in [0.1, 0.15) is 0 Å². The van der Waals surface area contributed by atoms with E-state index in [2.05, 4.69) is 10.1 Å². The molecule has 5 nitrogen and oxygen atoms in total. The van der Waals surface area contributed by atoms with Crippen molar-refractivity contribution in [2.45, 2.75) is 0 Å². The predicted molar refractivity (Wildman–Crippen MR) is 60.3 cm³/mol.